The van der Waals surface area contributed by atoms with E-state index in [-0.39, 0.29) is 17.9 Å². The number of phenolic OH excluding ortho intramolecular Hbond substituents is 1. The molecular weight excluding hydrogens is 227 g/mol. The normalized spacial score (nSPS) is 11.3. The van der Waals surface area contributed by atoms with Crippen LogP contribution in [0.5, 0.6) is 11.5 Å². The number of halogens is 1. The van der Waals surface area contributed by atoms with Crippen LogP contribution in [0.3, 0.4) is 0 Å². The number of carbonyl (C=O) groups is 1. The summed E-state index contributed by atoms with van der Waals surface area (Å²) in [5, 5.41) is 18.6. The Bertz CT molecular complexity index is 440. The SMILES string of the molecule is COc1cc(F)cc(O)c1C(C)(C)CC(=O)O. The highest BCUT2D eigenvalue weighted by atomic mass is 19.1. The molecule has 17 heavy (non-hydrogen) atoms. The van der Waals surface area contributed by atoms with Crippen LogP contribution in [0.2, 0.25) is 0 Å². The molecule has 1 rings (SSSR count). The van der Waals surface area contributed by atoms with Crippen LogP contribution in [-0.4, -0.2) is 23.3 Å². The number of rotatable bonds is 4. The smallest absolute Gasteiger partial charge is 0.304 e. The van der Waals surface area contributed by atoms with E-state index in [1.807, 2.05) is 0 Å². The van der Waals surface area contributed by atoms with E-state index >= 15 is 0 Å². The summed E-state index contributed by atoms with van der Waals surface area (Å²) in [5.41, 5.74) is -0.557. The van der Waals surface area contributed by atoms with Gasteiger partial charge in [-0.1, -0.05) is 13.8 Å². The van der Waals surface area contributed by atoms with Crippen LogP contribution < -0.4 is 4.74 Å². The zero-order valence-electron chi connectivity index (χ0n) is 9.95. The van der Waals surface area contributed by atoms with E-state index in [4.69, 9.17) is 9.84 Å². The number of phenols is 1. The summed E-state index contributed by atoms with van der Waals surface area (Å²) in [7, 11) is 1.34. The van der Waals surface area contributed by atoms with Gasteiger partial charge in [-0.15, -0.1) is 0 Å². The molecule has 0 spiro atoms. The fourth-order valence-electron chi connectivity index (χ4n) is 1.88. The second kappa shape index (κ2) is 4.61. The van der Waals surface area contributed by atoms with Gasteiger partial charge in [0.15, 0.2) is 0 Å². The van der Waals surface area contributed by atoms with Gasteiger partial charge in [-0.3, -0.25) is 4.79 Å². The molecule has 0 saturated heterocycles. The topological polar surface area (TPSA) is 66.8 Å². The molecule has 0 saturated carbocycles. The summed E-state index contributed by atoms with van der Waals surface area (Å²) in [6.45, 7) is 3.30. The van der Waals surface area contributed by atoms with Gasteiger partial charge in [0.2, 0.25) is 0 Å². The van der Waals surface area contributed by atoms with E-state index in [1.54, 1.807) is 13.8 Å². The van der Waals surface area contributed by atoms with Crippen LogP contribution in [0.1, 0.15) is 25.8 Å². The predicted molar refractivity (Wildman–Crippen MR) is 59.9 cm³/mol. The Morgan fingerprint density at radius 3 is 2.53 bits per heavy atom. The Kier molecular flexibility index (Phi) is 3.60. The van der Waals surface area contributed by atoms with Crippen molar-refractivity contribution in [3.8, 4) is 11.5 Å². The molecule has 0 aromatic heterocycles. The molecule has 2 N–H and O–H groups in total. The standard InChI is InChI=1S/C12H15FO4/c1-12(2,6-10(15)16)11-8(14)4-7(13)5-9(11)17-3/h4-5,14H,6H2,1-3H3,(H,15,16). The van der Waals surface area contributed by atoms with Crippen molar-refractivity contribution < 1.29 is 24.1 Å². The van der Waals surface area contributed by atoms with E-state index < -0.39 is 17.2 Å². The molecule has 0 heterocycles. The second-order valence-corrected chi connectivity index (χ2v) is 4.46. The Morgan fingerprint density at radius 1 is 1.47 bits per heavy atom. The molecule has 94 valence electrons. The van der Waals surface area contributed by atoms with Gasteiger partial charge in [0.1, 0.15) is 17.3 Å². The zero-order chi connectivity index (χ0) is 13.2. The van der Waals surface area contributed by atoms with Gasteiger partial charge in [-0.05, 0) is 0 Å². The molecule has 0 unspecified atom stereocenters. The van der Waals surface area contributed by atoms with Crippen molar-refractivity contribution in [1.29, 1.82) is 0 Å². The lowest BCUT2D eigenvalue weighted by Gasteiger charge is -2.26. The Labute approximate surface area is 98.7 Å². The highest BCUT2D eigenvalue weighted by molar-refractivity contribution is 5.70. The number of aromatic hydroxyl groups is 1. The Morgan fingerprint density at radius 2 is 2.06 bits per heavy atom. The van der Waals surface area contributed by atoms with E-state index in [1.165, 1.54) is 7.11 Å². The maximum absolute atomic E-state index is 13.1. The molecule has 1 aromatic rings. The average molecular weight is 242 g/mol. The molecule has 0 aliphatic heterocycles. The average Bonchev–Trinajstić information content (AvgIpc) is 2.13. The van der Waals surface area contributed by atoms with Crippen molar-refractivity contribution in [3.63, 3.8) is 0 Å². The van der Waals surface area contributed by atoms with Gasteiger partial charge in [0, 0.05) is 23.1 Å². The van der Waals surface area contributed by atoms with Crippen molar-refractivity contribution >= 4 is 5.97 Å². The number of ether oxygens (including phenoxy) is 1. The Balaban J connectivity index is 3.33. The largest absolute Gasteiger partial charge is 0.507 e. The number of benzene rings is 1. The first-order chi connectivity index (χ1) is 7.77. The lowest BCUT2D eigenvalue weighted by Crippen LogP contribution is -2.22. The fraction of sp³-hybridized carbons (Fsp3) is 0.417. The van der Waals surface area contributed by atoms with E-state index in [0.717, 1.165) is 12.1 Å². The number of carboxylic acid groups (broad SMARTS) is 1. The van der Waals surface area contributed by atoms with Crippen molar-refractivity contribution in [3.05, 3.63) is 23.5 Å². The molecule has 0 fully saturated rings. The molecule has 0 amide bonds. The van der Waals surface area contributed by atoms with E-state index in [9.17, 15) is 14.3 Å². The quantitative estimate of drug-likeness (QED) is 0.850. The molecule has 0 aliphatic rings. The molecule has 0 bridgehead atoms. The van der Waals surface area contributed by atoms with Crippen LogP contribution in [0.15, 0.2) is 12.1 Å². The molecule has 4 nitrogen and oxygen atoms in total. The summed E-state index contributed by atoms with van der Waals surface area (Å²) >= 11 is 0. The fourth-order valence-corrected chi connectivity index (χ4v) is 1.88. The number of aliphatic carboxylic acids is 1. The first kappa shape index (κ1) is 13.3. The second-order valence-electron chi connectivity index (χ2n) is 4.46. The minimum atomic E-state index is -0.999. The lowest BCUT2D eigenvalue weighted by molar-refractivity contribution is -0.138. The van der Waals surface area contributed by atoms with Gasteiger partial charge in [-0.25, -0.2) is 4.39 Å². The van der Waals surface area contributed by atoms with Gasteiger partial charge in [0.05, 0.1) is 13.5 Å². The summed E-state index contributed by atoms with van der Waals surface area (Å²) < 4.78 is 18.1. The maximum atomic E-state index is 13.1. The highest BCUT2D eigenvalue weighted by Gasteiger charge is 2.31. The van der Waals surface area contributed by atoms with Gasteiger partial charge >= 0.3 is 5.97 Å². The van der Waals surface area contributed by atoms with Crippen LogP contribution in [0.4, 0.5) is 4.39 Å². The van der Waals surface area contributed by atoms with Gasteiger partial charge in [-0.2, -0.15) is 0 Å². The first-order valence-electron chi connectivity index (χ1n) is 5.06. The van der Waals surface area contributed by atoms with E-state index in [2.05, 4.69) is 0 Å². The summed E-state index contributed by atoms with van der Waals surface area (Å²) in [6, 6.07) is 2.07. The van der Waals surface area contributed by atoms with Gasteiger partial charge in [0.25, 0.3) is 0 Å². The lowest BCUT2D eigenvalue weighted by atomic mass is 9.80. The first-order valence-corrected chi connectivity index (χ1v) is 5.06. The highest BCUT2D eigenvalue weighted by Crippen LogP contribution is 2.40. The monoisotopic (exact) mass is 242 g/mol. The zero-order valence-corrected chi connectivity index (χ0v) is 9.95. The van der Waals surface area contributed by atoms with Crippen molar-refractivity contribution in [2.24, 2.45) is 0 Å². The van der Waals surface area contributed by atoms with Crippen LogP contribution >= 0.6 is 0 Å². The van der Waals surface area contributed by atoms with Crippen molar-refractivity contribution in [1.82, 2.24) is 0 Å². The summed E-state index contributed by atoms with van der Waals surface area (Å²) in [6.07, 6.45) is -0.192. The number of hydrogen-bond acceptors (Lipinski definition) is 3. The third-order valence-corrected chi connectivity index (χ3v) is 2.54. The van der Waals surface area contributed by atoms with Crippen molar-refractivity contribution in [2.75, 3.05) is 7.11 Å². The van der Waals surface area contributed by atoms with E-state index in [0.29, 0.717) is 5.56 Å². The number of methoxy groups -OCH3 is 1. The number of carboxylic acids is 1. The predicted octanol–water partition coefficient (Wildman–Crippen LogP) is 2.29. The van der Waals surface area contributed by atoms with Crippen LogP contribution in [-0.2, 0) is 10.2 Å². The minimum Gasteiger partial charge on any atom is -0.507 e. The molecule has 0 atom stereocenters. The van der Waals surface area contributed by atoms with Crippen molar-refractivity contribution in [2.45, 2.75) is 25.7 Å². The van der Waals surface area contributed by atoms with Gasteiger partial charge < -0.3 is 14.9 Å². The van der Waals surface area contributed by atoms with Crippen LogP contribution in [0.25, 0.3) is 0 Å². The third-order valence-electron chi connectivity index (χ3n) is 2.54. The molecular formula is C12H15FO4. The Hall–Kier alpha value is -1.78. The maximum Gasteiger partial charge on any atom is 0.304 e. The molecule has 5 heteroatoms. The number of hydrogen-bond donors (Lipinski definition) is 2. The molecule has 0 radical (unpaired) electrons. The van der Waals surface area contributed by atoms with Crippen LogP contribution in [0, 0.1) is 5.82 Å². The summed E-state index contributed by atoms with van der Waals surface area (Å²) in [4.78, 5) is 10.8. The third kappa shape index (κ3) is 2.87. The summed E-state index contributed by atoms with van der Waals surface area (Å²) in [5.74, 6) is -1.78. The molecule has 0 aliphatic carbocycles. The molecule has 1 aromatic carbocycles. The minimum absolute atomic E-state index is 0.147.